The SMILES string of the molecule is COc1ccc(F)c(Nc2ccc(Br)cc2N)c1. The Kier molecular flexibility index (Phi) is 3.72. The van der Waals surface area contributed by atoms with Crippen molar-refractivity contribution in [2.24, 2.45) is 0 Å². The number of benzene rings is 2. The maximum Gasteiger partial charge on any atom is 0.146 e. The third-order valence-electron chi connectivity index (χ3n) is 2.46. The molecule has 0 amide bonds. The quantitative estimate of drug-likeness (QED) is 0.845. The van der Waals surface area contributed by atoms with Gasteiger partial charge in [-0.15, -0.1) is 0 Å². The second kappa shape index (κ2) is 5.27. The zero-order chi connectivity index (χ0) is 13.1. The van der Waals surface area contributed by atoms with E-state index in [1.54, 1.807) is 24.3 Å². The van der Waals surface area contributed by atoms with Gasteiger partial charge in [0.15, 0.2) is 0 Å². The van der Waals surface area contributed by atoms with E-state index in [1.165, 1.54) is 13.2 Å². The van der Waals surface area contributed by atoms with Crippen molar-refractivity contribution < 1.29 is 9.13 Å². The summed E-state index contributed by atoms with van der Waals surface area (Å²) >= 11 is 3.32. The van der Waals surface area contributed by atoms with Crippen LogP contribution in [0.2, 0.25) is 0 Å². The molecule has 0 aliphatic rings. The predicted molar refractivity (Wildman–Crippen MR) is 74.8 cm³/mol. The van der Waals surface area contributed by atoms with Crippen LogP contribution >= 0.6 is 15.9 Å². The van der Waals surface area contributed by atoms with E-state index in [4.69, 9.17) is 10.5 Å². The Morgan fingerprint density at radius 1 is 1.17 bits per heavy atom. The Labute approximate surface area is 113 Å². The van der Waals surface area contributed by atoms with Crippen molar-refractivity contribution >= 4 is 33.0 Å². The second-order valence-electron chi connectivity index (χ2n) is 3.70. The van der Waals surface area contributed by atoms with Gasteiger partial charge < -0.3 is 15.8 Å². The van der Waals surface area contributed by atoms with E-state index in [9.17, 15) is 4.39 Å². The van der Waals surface area contributed by atoms with Gasteiger partial charge in [0.25, 0.3) is 0 Å². The highest BCUT2D eigenvalue weighted by Gasteiger charge is 2.06. The van der Waals surface area contributed by atoms with Gasteiger partial charge in [0.05, 0.1) is 24.2 Å². The number of hydrogen-bond donors (Lipinski definition) is 2. The molecule has 0 saturated heterocycles. The number of nitrogen functional groups attached to an aromatic ring is 1. The maximum absolute atomic E-state index is 13.6. The van der Waals surface area contributed by atoms with Crippen molar-refractivity contribution in [1.29, 1.82) is 0 Å². The minimum absolute atomic E-state index is 0.323. The Hall–Kier alpha value is -1.75. The molecule has 0 unspecified atom stereocenters. The first-order valence-electron chi connectivity index (χ1n) is 5.26. The number of nitrogens with two attached hydrogens (primary N) is 1. The first-order valence-corrected chi connectivity index (χ1v) is 6.05. The normalized spacial score (nSPS) is 10.2. The number of methoxy groups -OCH3 is 1. The van der Waals surface area contributed by atoms with Crippen LogP contribution in [-0.4, -0.2) is 7.11 Å². The molecule has 0 spiro atoms. The van der Waals surface area contributed by atoms with E-state index >= 15 is 0 Å². The zero-order valence-corrected chi connectivity index (χ0v) is 11.3. The Morgan fingerprint density at radius 2 is 1.94 bits per heavy atom. The van der Waals surface area contributed by atoms with E-state index in [-0.39, 0.29) is 5.82 Å². The highest BCUT2D eigenvalue weighted by Crippen LogP contribution is 2.29. The van der Waals surface area contributed by atoms with Crippen molar-refractivity contribution in [3.05, 3.63) is 46.7 Å². The lowest BCUT2D eigenvalue weighted by Gasteiger charge is -2.11. The smallest absolute Gasteiger partial charge is 0.146 e. The Balaban J connectivity index is 2.33. The van der Waals surface area contributed by atoms with Gasteiger partial charge in [-0.1, -0.05) is 15.9 Å². The molecule has 94 valence electrons. The largest absolute Gasteiger partial charge is 0.497 e. The lowest BCUT2D eigenvalue weighted by atomic mass is 10.2. The van der Waals surface area contributed by atoms with E-state index in [1.807, 2.05) is 6.07 Å². The lowest BCUT2D eigenvalue weighted by Crippen LogP contribution is -1.98. The van der Waals surface area contributed by atoms with Crippen LogP contribution in [0.4, 0.5) is 21.5 Å². The number of ether oxygens (including phenoxy) is 1. The molecule has 0 saturated carbocycles. The molecule has 0 aliphatic heterocycles. The van der Waals surface area contributed by atoms with Gasteiger partial charge in [0.1, 0.15) is 11.6 Å². The average Bonchev–Trinajstić information content (AvgIpc) is 2.35. The highest BCUT2D eigenvalue weighted by atomic mass is 79.9. The van der Waals surface area contributed by atoms with Crippen LogP contribution < -0.4 is 15.8 Å². The number of hydrogen-bond acceptors (Lipinski definition) is 3. The molecule has 0 bridgehead atoms. The summed E-state index contributed by atoms with van der Waals surface area (Å²) in [5, 5.41) is 2.94. The molecule has 0 aromatic heterocycles. The summed E-state index contributed by atoms with van der Waals surface area (Å²) in [6, 6.07) is 9.84. The monoisotopic (exact) mass is 310 g/mol. The minimum atomic E-state index is -0.363. The van der Waals surface area contributed by atoms with Crippen molar-refractivity contribution in [2.75, 3.05) is 18.2 Å². The molecule has 0 fully saturated rings. The van der Waals surface area contributed by atoms with Gasteiger partial charge in [0, 0.05) is 10.5 Å². The molecule has 0 radical (unpaired) electrons. The molecular weight excluding hydrogens is 299 g/mol. The van der Waals surface area contributed by atoms with Crippen LogP contribution in [0.3, 0.4) is 0 Å². The topological polar surface area (TPSA) is 47.3 Å². The molecule has 2 aromatic rings. The third-order valence-corrected chi connectivity index (χ3v) is 2.95. The molecule has 3 N–H and O–H groups in total. The highest BCUT2D eigenvalue weighted by molar-refractivity contribution is 9.10. The van der Waals surface area contributed by atoms with E-state index < -0.39 is 0 Å². The van der Waals surface area contributed by atoms with Gasteiger partial charge in [0.2, 0.25) is 0 Å². The number of halogens is 2. The molecule has 0 aliphatic carbocycles. The fourth-order valence-corrected chi connectivity index (χ4v) is 1.90. The molecule has 2 aromatic carbocycles. The maximum atomic E-state index is 13.6. The standard InChI is InChI=1S/C13H12BrFN2O/c1-18-9-3-4-10(15)13(7-9)17-12-5-2-8(14)6-11(12)16/h2-7,17H,16H2,1H3. The Bertz CT molecular complexity index is 575. The zero-order valence-electron chi connectivity index (χ0n) is 9.71. The first kappa shape index (κ1) is 12.7. The summed E-state index contributed by atoms with van der Waals surface area (Å²) in [4.78, 5) is 0. The van der Waals surface area contributed by atoms with Gasteiger partial charge in [-0.05, 0) is 30.3 Å². The van der Waals surface area contributed by atoms with Crippen molar-refractivity contribution in [3.8, 4) is 5.75 Å². The molecule has 5 heteroatoms. The van der Waals surface area contributed by atoms with Crippen LogP contribution in [0, 0.1) is 5.82 Å². The Morgan fingerprint density at radius 3 is 2.61 bits per heavy atom. The number of nitrogens with one attached hydrogen (secondary N) is 1. The molecule has 18 heavy (non-hydrogen) atoms. The lowest BCUT2D eigenvalue weighted by molar-refractivity contribution is 0.414. The fourth-order valence-electron chi connectivity index (χ4n) is 1.52. The van der Waals surface area contributed by atoms with Crippen molar-refractivity contribution in [3.63, 3.8) is 0 Å². The summed E-state index contributed by atoms with van der Waals surface area (Å²) in [6.07, 6.45) is 0. The van der Waals surface area contributed by atoms with E-state index in [2.05, 4.69) is 21.2 Å². The summed E-state index contributed by atoms with van der Waals surface area (Å²) in [7, 11) is 1.53. The molecule has 0 atom stereocenters. The van der Waals surface area contributed by atoms with Crippen molar-refractivity contribution in [1.82, 2.24) is 0 Å². The molecule has 2 rings (SSSR count). The molecule has 3 nitrogen and oxygen atoms in total. The van der Waals surface area contributed by atoms with Gasteiger partial charge in [-0.3, -0.25) is 0 Å². The first-order chi connectivity index (χ1) is 8.60. The molecular formula is C13H12BrFN2O. The number of rotatable bonds is 3. The van der Waals surface area contributed by atoms with E-state index in [0.29, 0.717) is 22.8 Å². The van der Waals surface area contributed by atoms with Crippen LogP contribution in [0.15, 0.2) is 40.9 Å². The summed E-state index contributed by atoms with van der Waals surface area (Å²) < 4.78 is 19.6. The average molecular weight is 311 g/mol. The van der Waals surface area contributed by atoms with Crippen molar-refractivity contribution in [2.45, 2.75) is 0 Å². The van der Waals surface area contributed by atoms with Crippen LogP contribution in [0.5, 0.6) is 5.75 Å². The van der Waals surface area contributed by atoms with Gasteiger partial charge in [-0.2, -0.15) is 0 Å². The summed E-state index contributed by atoms with van der Waals surface area (Å²) in [5.74, 6) is 0.215. The van der Waals surface area contributed by atoms with Crippen LogP contribution in [0.25, 0.3) is 0 Å². The third kappa shape index (κ3) is 2.73. The minimum Gasteiger partial charge on any atom is -0.497 e. The predicted octanol–water partition coefficient (Wildman–Crippen LogP) is 3.92. The molecule has 0 heterocycles. The van der Waals surface area contributed by atoms with Gasteiger partial charge in [-0.25, -0.2) is 4.39 Å². The summed E-state index contributed by atoms with van der Waals surface area (Å²) in [6.45, 7) is 0. The summed E-state index contributed by atoms with van der Waals surface area (Å²) in [5.41, 5.74) is 7.34. The number of anilines is 3. The van der Waals surface area contributed by atoms with Crippen LogP contribution in [-0.2, 0) is 0 Å². The fraction of sp³-hybridized carbons (Fsp3) is 0.0769. The van der Waals surface area contributed by atoms with Gasteiger partial charge >= 0.3 is 0 Å². The second-order valence-corrected chi connectivity index (χ2v) is 4.62. The van der Waals surface area contributed by atoms with Crippen LogP contribution in [0.1, 0.15) is 0 Å². The van der Waals surface area contributed by atoms with E-state index in [0.717, 1.165) is 4.47 Å².